The van der Waals surface area contributed by atoms with E-state index in [1.165, 1.54) is 0 Å². The molecule has 2 N–H and O–H groups in total. The van der Waals surface area contributed by atoms with Gasteiger partial charge < -0.3 is 5.32 Å². The van der Waals surface area contributed by atoms with Crippen molar-refractivity contribution in [2.45, 2.75) is 13.8 Å². The van der Waals surface area contributed by atoms with Gasteiger partial charge in [-0.25, -0.2) is 8.42 Å². The molecule has 0 aliphatic carbocycles. The van der Waals surface area contributed by atoms with Crippen LogP contribution in [0.4, 0.5) is 5.69 Å². The summed E-state index contributed by atoms with van der Waals surface area (Å²) in [4.78, 5) is 11.7. The second kappa shape index (κ2) is 5.18. The van der Waals surface area contributed by atoms with Gasteiger partial charge in [-0.2, -0.15) is 0 Å². The van der Waals surface area contributed by atoms with E-state index >= 15 is 0 Å². The zero-order valence-electron chi connectivity index (χ0n) is 10.1. The first-order chi connectivity index (χ1) is 7.85. The van der Waals surface area contributed by atoms with Crippen LogP contribution in [0.5, 0.6) is 0 Å². The number of benzene rings is 1. The van der Waals surface area contributed by atoms with Crippen molar-refractivity contribution in [3.63, 3.8) is 0 Å². The SMILES string of the molecule is CCNC(=O)c1cccc(NS(C)(=O)=O)c1C. The summed E-state index contributed by atoms with van der Waals surface area (Å²) in [6.07, 6.45) is 1.07. The maximum atomic E-state index is 11.7. The van der Waals surface area contributed by atoms with E-state index in [1.807, 2.05) is 6.92 Å². The summed E-state index contributed by atoms with van der Waals surface area (Å²) in [5.74, 6) is -0.206. The third-order valence-electron chi connectivity index (χ3n) is 2.21. The van der Waals surface area contributed by atoms with Crippen LogP contribution in [0.3, 0.4) is 0 Å². The fraction of sp³-hybridized carbons (Fsp3) is 0.364. The third-order valence-corrected chi connectivity index (χ3v) is 2.80. The molecule has 6 heteroatoms. The second-order valence-corrected chi connectivity index (χ2v) is 5.46. The predicted octanol–water partition coefficient (Wildman–Crippen LogP) is 1.12. The van der Waals surface area contributed by atoms with E-state index in [0.29, 0.717) is 23.4 Å². The molecule has 0 saturated heterocycles. The van der Waals surface area contributed by atoms with Crippen molar-refractivity contribution in [2.75, 3.05) is 17.5 Å². The number of nitrogens with one attached hydrogen (secondary N) is 2. The average molecular weight is 256 g/mol. The van der Waals surface area contributed by atoms with Crippen LogP contribution < -0.4 is 10.0 Å². The number of rotatable bonds is 4. The molecule has 0 atom stereocenters. The van der Waals surface area contributed by atoms with Crippen molar-refractivity contribution in [1.82, 2.24) is 5.32 Å². The first kappa shape index (κ1) is 13.5. The van der Waals surface area contributed by atoms with E-state index in [1.54, 1.807) is 25.1 Å². The zero-order chi connectivity index (χ0) is 13.1. The molecule has 1 aromatic carbocycles. The summed E-state index contributed by atoms with van der Waals surface area (Å²) in [7, 11) is -3.34. The van der Waals surface area contributed by atoms with Gasteiger partial charge in [-0.1, -0.05) is 6.07 Å². The zero-order valence-corrected chi connectivity index (χ0v) is 10.9. The first-order valence-electron chi connectivity index (χ1n) is 5.20. The summed E-state index contributed by atoms with van der Waals surface area (Å²) in [5, 5.41) is 2.68. The van der Waals surface area contributed by atoms with Crippen molar-refractivity contribution in [1.29, 1.82) is 0 Å². The Labute approximate surface area is 101 Å². The standard InChI is InChI=1S/C11H16N2O3S/c1-4-12-11(14)9-6-5-7-10(8(9)2)13-17(3,15)16/h5-7,13H,4H2,1-3H3,(H,12,14). The summed E-state index contributed by atoms with van der Waals surface area (Å²) in [6, 6.07) is 4.93. The second-order valence-electron chi connectivity index (χ2n) is 3.71. The molecule has 0 aliphatic rings. The molecule has 1 rings (SSSR count). The van der Waals surface area contributed by atoms with Crippen LogP contribution in [0.15, 0.2) is 18.2 Å². The number of hydrogen-bond acceptors (Lipinski definition) is 3. The number of hydrogen-bond donors (Lipinski definition) is 2. The Morgan fingerprint density at radius 2 is 2.00 bits per heavy atom. The van der Waals surface area contributed by atoms with Gasteiger partial charge in [-0.15, -0.1) is 0 Å². The minimum absolute atomic E-state index is 0.206. The lowest BCUT2D eigenvalue weighted by Crippen LogP contribution is -2.24. The molecule has 1 amide bonds. The first-order valence-corrected chi connectivity index (χ1v) is 7.10. The Morgan fingerprint density at radius 1 is 1.35 bits per heavy atom. The van der Waals surface area contributed by atoms with E-state index in [-0.39, 0.29) is 5.91 Å². The molecule has 17 heavy (non-hydrogen) atoms. The summed E-state index contributed by atoms with van der Waals surface area (Å²) < 4.78 is 24.7. The minimum atomic E-state index is -3.34. The van der Waals surface area contributed by atoms with Crippen molar-refractivity contribution in [2.24, 2.45) is 0 Å². The van der Waals surface area contributed by atoms with Crippen molar-refractivity contribution in [3.8, 4) is 0 Å². The maximum Gasteiger partial charge on any atom is 0.251 e. The smallest absolute Gasteiger partial charge is 0.251 e. The molecule has 0 spiro atoms. The van der Waals surface area contributed by atoms with Gasteiger partial charge in [0.2, 0.25) is 10.0 Å². The molecule has 0 heterocycles. The molecule has 0 unspecified atom stereocenters. The van der Waals surface area contributed by atoms with E-state index in [9.17, 15) is 13.2 Å². The lowest BCUT2D eigenvalue weighted by Gasteiger charge is -2.11. The molecule has 0 radical (unpaired) electrons. The van der Waals surface area contributed by atoms with Crippen LogP contribution in [0.25, 0.3) is 0 Å². The number of carbonyl (C=O) groups is 1. The van der Waals surface area contributed by atoms with E-state index in [4.69, 9.17) is 0 Å². The highest BCUT2D eigenvalue weighted by molar-refractivity contribution is 7.92. The number of anilines is 1. The normalized spacial score (nSPS) is 11.0. The molecule has 0 fully saturated rings. The molecule has 1 aromatic rings. The van der Waals surface area contributed by atoms with Gasteiger partial charge in [0.1, 0.15) is 0 Å². The van der Waals surface area contributed by atoms with Gasteiger partial charge in [0.25, 0.3) is 5.91 Å². The molecule has 0 bridgehead atoms. The molecular formula is C11H16N2O3S. The van der Waals surface area contributed by atoms with E-state index in [2.05, 4.69) is 10.0 Å². The third kappa shape index (κ3) is 3.74. The van der Waals surface area contributed by atoms with Crippen LogP contribution in [0.2, 0.25) is 0 Å². The van der Waals surface area contributed by atoms with Gasteiger partial charge in [0.15, 0.2) is 0 Å². The van der Waals surface area contributed by atoms with Gasteiger partial charge >= 0.3 is 0 Å². The Hall–Kier alpha value is -1.56. The summed E-state index contributed by atoms with van der Waals surface area (Å²) in [5.41, 5.74) is 1.51. The fourth-order valence-electron chi connectivity index (χ4n) is 1.45. The van der Waals surface area contributed by atoms with Gasteiger partial charge in [-0.05, 0) is 31.5 Å². The van der Waals surface area contributed by atoms with E-state index < -0.39 is 10.0 Å². The predicted molar refractivity (Wildman–Crippen MR) is 67.7 cm³/mol. The fourth-order valence-corrected chi connectivity index (χ4v) is 2.07. The Morgan fingerprint density at radius 3 is 2.53 bits per heavy atom. The highest BCUT2D eigenvalue weighted by Crippen LogP contribution is 2.19. The van der Waals surface area contributed by atoms with Crippen molar-refractivity contribution >= 4 is 21.6 Å². The molecule has 0 aromatic heterocycles. The average Bonchev–Trinajstić information content (AvgIpc) is 2.19. The number of amides is 1. The molecular weight excluding hydrogens is 240 g/mol. The molecule has 0 saturated carbocycles. The number of sulfonamides is 1. The Bertz CT molecular complexity index is 524. The van der Waals surface area contributed by atoms with Gasteiger partial charge in [-0.3, -0.25) is 9.52 Å². The highest BCUT2D eigenvalue weighted by atomic mass is 32.2. The molecule has 94 valence electrons. The van der Waals surface area contributed by atoms with Crippen LogP contribution in [-0.2, 0) is 10.0 Å². The highest BCUT2D eigenvalue weighted by Gasteiger charge is 2.12. The van der Waals surface area contributed by atoms with Crippen LogP contribution in [0, 0.1) is 6.92 Å². The lowest BCUT2D eigenvalue weighted by molar-refractivity contribution is 0.0955. The number of carbonyl (C=O) groups excluding carboxylic acids is 1. The minimum Gasteiger partial charge on any atom is -0.352 e. The topological polar surface area (TPSA) is 75.3 Å². The summed E-state index contributed by atoms with van der Waals surface area (Å²) in [6.45, 7) is 4.06. The van der Waals surface area contributed by atoms with Crippen molar-refractivity contribution < 1.29 is 13.2 Å². The summed E-state index contributed by atoms with van der Waals surface area (Å²) >= 11 is 0. The largest absolute Gasteiger partial charge is 0.352 e. The van der Waals surface area contributed by atoms with Crippen molar-refractivity contribution in [3.05, 3.63) is 29.3 Å². The van der Waals surface area contributed by atoms with Gasteiger partial charge in [0, 0.05) is 12.1 Å². The van der Waals surface area contributed by atoms with Gasteiger partial charge in [0.05, 0.1) is 11.9 Å². The lowest BCUT2D eigenvalue weighted by atomic mass is 10.1. The van der Waals surface area contributed by atoms with Crippen LogP contribution >= 0.6 is 0 Å². The maximum absolute atomic E-state index is 11.7. The Balaban J connectivity index is 3.12. The quantitative estimate of drug-likeness (QED) is 0.847. The van der Waals surface area contributed by atoms with Crippen LogP contribution in [-0.4, -0.2) is 27.1 Å². The molecule has 0 aliphatic heterocycles. The van der Waals surface area contributed by atoms with Crippen LogP contribution in [0.1, 0.15) is 22.8 Å². The Kier molecular flexibility index (Phi) is 4.11. The molecule has 5 nitrogen and oxygen atoms in total. The monoisotopic (exact) mass is 256 g/mol. The van der Waals surface area contributed by atoms with E-state index in [0.717, 1.165) is 6.26 Å².